The van der Waals surface area contributed by atoms with Crippen molar-refractivity contribution in [2.24, 2.45) is 4.99 Å². The van der Waals surface area contributed by atoms with Gasteiger partial charge in [0.1, 0.15) is 17.5 Å². The molecule has 0 fully saturated rings. The number of fused-ring (bicyclic) bond motifs is 1. The molecule has 0 radical (unpaired) electrons. The number of rotatable bonds is 9. The van der Waals surface area contributed by atoms with E-state index in [2.05, 4.69) is 0 Å². The van der Waals surface area contributed by atoms with Gasteiger partial charge in [-0.3, -0.25) is 9.36 Å². The highest BCUT2D eigenvalue weighted by Crippen LogP contribution is 2.38. The van der Waals surface area contributed by atoms with E-state index < -0.39 is 12.0 Å². The zero-order valence-electron chi connectivity index (χ0n) is 22.1. The summed E-state index contributed by atoms with van der Waals surface area (Å²) in [6.45, 7) is 7.90. The number of carbonyl (C=O) groups is 1. The number of methoxy groups -OCH3 is 1. The lowest BCUT2D eigenvalue weighted by atomic mass is 9.93. The molecule has 1 aliphatic rings. The van der Waals surface area contributed by atoms with Crippen molar-refractivity contribution < 1.29 is 19.0 Å². The lowest BCUT2D eigenvalue weighted by molar-refractivity contribution is -0.139. The number of aromatic nitrogens is 1. The number of hydrogen-bond acceptors (Lipinski definition) is 7. The second-order valence-electron chi connectivity index (χ2n) is 9.04. The molecular formula is C29H31ClN2O5S. The zero-order chi connectivity index (χ0) is 27.4. The van der Waals surface area contributed by atoms with Crippen LogP contribution in [0.5, 0.6) is 11.5 Å². The van der Waals surface area contributed by atoms with Crippen molar-refractivity contribution in [1.82, 2.24) is 4.57 Å². The molecule has 7 nitrogen and oxygen atoms in total. The van der Waals surface area contributed by atoms with Gasteiger partial charge in [0.05, 0.1) is 35.6 Å². The van der Waals surface area contributed by atoms with Gasteiger partial charge in [-0.25, -0.2) is 9.79 Å². The molecule has 9 heteroatoms. The predicted molar refractivity (Wildman–Crippen MR) is 150 cm³/mol. The maximum absolute atomic E-state index is 13.9. The topological polar surface area (TPSA) is 79.1 Å². The number of thiazole rings is 1. The van der Waals surface area contributed by atoms with Crippen LogP contribution in [0.4, 0.5) is 0 Å². The number of ether oxygens (including phenoxy) is 3. The van der Waals surface area contributed by atoms with Crippen LogP contribution in [0.15, 0.2) is 63.5 Å². The Labute approximate surface area is 230 Å². The van der Waals surface area contributed by atoms with E-state index in [9.17, 15) is 9.59 Å². The average molecular weight is 555 g/mol. The molecule has 2 aromatic carbocycles. The van der Waals surface area contributed by atoms with E-state index in [1.54, 1.807) is 36.8 Å². The van der Waals surface area contributed by atoms with Crippen molar-refractivity contribution >= 4 is 35.0 Å². The van der Waals surface area contributed by atoms with E-state index in [0.717, 1.165) is 17.7 Å². The van der Waals surface area contributed by atoms with Crippen molar-refractivity contribution in [3.8, 4) is 11.5 Å². The first-order chi connectivity index (χ1) is 18.3. The average Bonchev–Trinajstić information content (AvgIpc) is 3.18. The summed E-state index contributed by atoms with van der Waals surface area (Å²) in [6, 6.07) is 11.9. The lowest BCUT2D eigenvalue weighted by Crippen LogP contribution is -2.40. The molecule has 0 unspecified atom stereocenters. The third kappa shape index (κ3) is 5.71. The standard InChI is InChI=1S/C29H31ClN2O5S/c1-6-8-22-25(28(34)36-7-2)26(21-16-19(30)11-14-23(21)35-5)32-27(33)24(38-29(32)31-22)15-18-9-12-20(13-10-18)37-17(3)4/h9-17,26H,6-8H2,1-5H3/b24-15+/t26-/m1/s1. The van der Waals surface area contributed by atoms with Crippen LogP contribution in [0.1, 0.15) is 57.7 Å². The molecule has 1 atom stereocenters. The molecule has 2 heterocycles. The van der Waals surface area contributed by atoms with Crippen LogP contribution in [-0.2, 0) is 9.53 Å². The first-order valence-electron chi connectivity index (χ1n) is 12.6. The number of esters is 1. The summed E-state index contributed by atoms with van der Waals surface area (Å²) in [5.74, 6) is 0.756. The third-order valence-corrected chi connectivity index (χ3v) is 7.15. The van der Waals surface area contributed by atoms with Crippen molar-refractivity contribution in [3.05, 3.63) is 89.6 Å². The SMILES string of the molecule is CCCC1=C(C(=O)OCC)[C@@H](c2cc(Cl)ccc2OC)n2c(s/c(=C/c3ccc(OC(C)C)cc3)c2=O)=N1. The number of benzene rings is 2. The van der Waals surface area contributed by atoms with Crippen LogP contribution in [0, 0.1) is 0 Å². The van der Waals surface area contributed by atoms with Gasteiger partial charge in [0.15, 0.2) is 4.80 Å². The van der Waals surface area contributed by atoms with Gasteiger partial charge in [-0.05, 0) is 69.2 Å². The summed E-state index contributed by atoms with van der Waals surface area (Å²) in [6.07, 6.45) is 3.21. The summed E-state index contributed by atoms with van der Waals surface area (Å²) in [4.78, 5) is 32.5. The summed E-state index contributed by atoms with van der Waals surface area (Å²) < 4.78 is 18.9. The molecule has 1 aliphatic heterocycles. The van der Waals surface area contributed by atoms with Crippen LogP contribution >= 0.6 is 22.9 Å². The molecule has 3 aromatic rings. The highest BCUT2D eigenvalue weighted by atomic mass is 35.5. The minimum absolute atomic E-state index is 0.0685. The molecule has 38 heavy (non-hydrogen) atoms. The smallest absolute Gasteiger partial charge is 0.338 e. The molecule has 0 bridgehead atoms. The second kappa shape index (κ2) is 12.0. The molecule has 0 saturated heterocycles. The fourth-order valence-corrected chi connectivity index (χ4v) is 5.60. The molecule has 0 amide bonds. The van der Waals surface area contributed by atoms with Gasteiger partial charge < -0.3 is 14.2 Å². The third-order valence-electron chi connectivity index (χ3n) is 5.93. The van der Waals surface area contributed by atoms with Crippen molar-refractivity contribution in [1.29, 1.82) is 0 Å². The number of carbonyl (C=O) groups excluding carboxylic acids is 1. The Hall–Kier alpha value is -3.36. The summed E-state index contributed by atoms with van der Waals surface area (Å²) in [7, 11) is 1.55. The monoisotopic (exact) mass is 554 g/mol. The normalized spacial score (nSPS) is 15.3. The molecule has 200 valence electrons. The lowest BCUT2D eigenvalue weighted by Gasteiger charge is -2.27. The minimum atomic E-state index is -0.801. The number of allylic oxidation sites excluding steroid dienone is 1. The largest absolute Gasteiger partial charge is 0.496 e. The van der Waals surface area contributed by atoms with E-state index >= 15 is 0 Å². The first kappa shape index (κ1) is 27.7. The Kier molecular flexibility index (Phi) is 8.74. The Morgan fingerprint density at radius 3 is 2.55 bits per heavy atom. The zero-order valence-corrected chi connectivity index (χ0v) is 23.7. The van der Waals surface area contributed by atoms with Gasteiger partial charge in [0.2, 0.25) is 0 Å². The van der Waals surface area contributed by atoms with Crippen LogP contribution in [0.3, 0.4) is 0 Å². The van der Waals surface area contributed by atoms with Gasteiger partial charge in [-0.2, -0.15) is 0 Å². The van der Waals surface area contributed by atoms with E-state index in [0.29, 0.717) is 43.4 Å². The molecular weight excluding hydrogens is 524 g/mol. The van der Waals surface area contributed by atoms with Crippen molar-refractivity contribution in [2.45, 2.75) is 52.7 Å². The van der Waals surface area contributed by atoms with Crippen LogP contribution in [0.25, 0.3) is 6.08 Å². The summed E-state index contributed by atoms with van der Waals surface area (Å²) >= 11 is 7.67. The second-order valence-corrected chi connectivity index (χ2v) is 10.5. The van der Waals surface area contributed by atoms with Gasteiger partial charge in [0.25, 0.3) is 5.56 Å². The molecule has 1 aromatic heterocycles. The van der Waals surface area contributed by atoms with Gasteiger partial charge in [-0.15, -0.1) is 0 Å². The van der Waals surface area contributed by atoms with Gasteiger partial charge in [-0.1, -0.05) is 48.4 Å². The number of nitrogens with zero attached hydrogens (tertiary/aromatic N) is 2. The summed E-state index contributed by atoms with van der Waals surface area (Å²) in [5, 5.41) is 0.462. The maximum Gasteiger partial charge on any atom is 0.338 e. The van der Waals surface area contributed by atoms with Crippen LogP contribution in [-0.4, -0.2) is 30.4 Å². The Bertz CT molecular complexity index is 1540. The van der Waals surface area contributed by atoms with E-state index in [-0.39, 0.29) is 18.3 Å². The molecule has 4 rings (SSSR count). The Balaban J connectivity index is 1.96. The molecule has 0 saturated carbocycles. The van der Waals surface area contributed by atoms with E-state index in [4.69, 9.17) is 30.8 Å². The Morgan fingerprint density at radius 1 is 1.18 bits per heavy atom. The highest BCUT2D eigenvalue weighted by Gasteiger charge is 2.36. The first-order valence-corrected chi connectivity index (χ1v) is 13.8. The van der Waals surface area contributed by atoms with E-state index in [1.807, 2.05) is 51.1 Å². The number of hydrogen-bond donors (Lipinski definition) is 0. The predicted octanol–water partition coefficient (Wildman–Crippen LogP) is 5.03. The maximum atomic E-state index is 13.9. The van der Waals surface area contributed by atoms with Crippen molar-refractivity contribution in [3.63, 3.8) is 0 Å². The van der Waals surface area contributed by atoms with Gasteiger partial charge >= 0.3 is 5.97 Å². The minimum Gasteiger partial charge on any atom is -0.496 e. The molecule has 0 N–H and O–H groups in total. The fourth-order valence-electron chi connectivity index (χ4n) is 4.40. The Morgan fingerprint density at radius 2 is 1.92 bits per heavy atom. The highest BCUT2D eigenvalue weighted by molar-refractivity contribution is 7.07. The van der Waals surface area contributed by atoms with Crippen LogP contribution in [0.2, 0.25) is 5.02 Å². The molecule has 0 spiro atoms. The van der Waals surface area contributed by atoms with E-state index in [1.165, 1.54) is 11.3 Å². The number of halogens is 1. The quantitative estimate of drug-likeness (QED) is 0.347. The fraction of sp³-hybridized carbons (Fsp3) is 0.345. The van der Waals surface area contributed by atoms with Crippen molar-refractivity contribution in [2.75, 3.05) is 13.7 Å². The van der Waals surface area contributed by atoms with Gasteiger partial charge in [0, 0.05) is 10.6 Å². The van der Waals surface area contributed by atoms with Crippen LogP contribution < -0.4 is 24.4 Å². The molecule has 0 aliphatic carbocycles. The summed E-state index contributed by atoms with van der Waals surface area (Å²) in [5.41, 5.74) is 2.10.